The summed E-state index contributed by atoms with van der Waals surface area (Å²) in [6.07, 6.45) is 0. The van der Waals surface area contributed by atoms with Crippen LogP contribution < -0.4 is 14.4 Å². The lowest BCUT2D eigenvalue weighted by Gasteiger charge is -2.18. The molecule has 0 unspecified atom stereocenters. The van der Waals surface area contributed by atoms with Crippen LogP contribution in [0.1, 0.15) is 37.5 Å². The van der Waals surface area contributed by atoms with E-state index in [1.54, 1.807) is 24.1 Å². The Morgan fingerprint density at radius 3 is 2.42 bits per heavy atom. The Bertz CT molecular complexity index is 1790. The molecule has 40 heavy (non-hydrogen) atoms. The third-order valence-corrected chi connectivity index (χ3v) is 7.70. The molecular formula is C33H28N2O5. The summed E-state index contributed by atoms with van der Waals surface area (Å²) in [6.45, 7) is 5.01. The highest BCUT2D eigenvalue weighted by atomic mass is 16.7. The Morgan fingerprint density at radius 2 is 1.65 bits per heavy atom. The number of carboxylic acids is 1. The van der Waals surface area contributed by atoms with Crippen LogP contribution in [-0.4, -0.2) is 35.4 Å². The Labute approximate surface area is 231 Å². The van der Waals surface area contributed by atoms with E-state index in [2.05, 4.69) is 18.4 Å². The Balaban J connectivity index is 1.27. The van der Waals surface area contributed by atoms with Crippen molar-refractivity contribution in [1.82, 2.24) is 4.57 Å². The van der Waals surface area contributed by atoms with Crippen LogP contribution in [0.3, 0.4) is 0 Å². The molecule has 7 nitrogen and oxygen atoms in total. The fraction of sp³-hybridized carbons (Fsp3) is 0.152. The van der Waals surface area contributed by atoms with E-state index < -0.39 is 5.97 Å². The average molecular weight is 533 g/mol. The monoisotopic (exact) mass is 532 g/mol. The van der Waals surface area contributed by atoms with Crippen LogP contribution in [0.4, 0.5) is 5.69 Å². The quantitative estimate of drug-likeness (QED) is 0.264. The molecule has 6 rings (SSSR count). The molecule has 0 fully saturated rings. The normalized spacial score (nSPS) is 12.1. The van der Waals surface area contributed by atoms with Crippen molar-refractivity contribution in [3.8, 4) is 22.6 Å². The van der Waals surface area contributed by atoms with Gasteiger partial charge in [-0.25, -0.2) is 4.79 Å². The molecule has 0 aliphatic carbocycles. The molecule has 7 heteroatoms. The standard InChI is InChI=1S/C33H28N2O5/c1-20-21(2)35(18-22-8-10-23(11-9-22)26-6-4-5-7-27(26)33(37)38)29-14-12-24(16-28(20)29)32(36)34(3)25-13-15-30-31(17-25)40-19-39-30/h4-17H,18-19H2,1-3H3,(H,37,38). The molecular weight excluding hydrogens is 504 g/mol. The number of carboxylic acid groups (broad SMARTS) is 1. The summed E-state index contributed by atoms with van der Waals surface area (Å²) in [6, 6.07) is 26.4. The van der Waals surface area contributed by atoms with E-state index in [1.807, 2.05) is 72.8 Å². The maximum absolute atomic E-state index is 13.4. The van der Waals surface area contributed by atoms with Gasteiger partial charge in [-0.3, -0.25) is 4.79 Å². The number of hydrogen-bond donors (Lipinski definition) is 1. The third kappa shape index (κ3) is 4.35. The largest absolute Gasteiger partial charge is 0.478 e. The summed E-state index contributed by atoms with van der Waals surface area (Å²) in [5, 5.41) is 10.6. The first-order chi connectivity index (χ1) is 19.3. The van der Waals surface area contributed by atoms with E-state index in [0.717, 1.165) is 39.0 Å². The zero-order chi connectivity index (χ0) is 28.0. The van der Waals surface area contributed by atoms with E-state index >= 15 is 0 Å². The molecule has 1 N–H and O–H groups in total. The van der Waals surface area contributed by atoms with Crippen molar-refractivity contribution >= 4 is 28.5 Å². The Morgan fingerprint density at radius 1 is 0.900 bits per heavy atom. The summed E-state index contributed by atoms with van der Waals surface area (Å²) in [5.41, 5.74) is 7.59. The lowest BCUT2D eigenvalue weighted by Crippen LogP contribution is -2.26. The molecule has 4 aromatic carbocycles. The summed E-state index contributed by atoms with van der Waals surface area (Å²) in [5.74, 6) is 0.265. The van der Waals surface area contributed by atoms with E-state index in [-0.39, 0.29) is 18.3 Å². The van der Waals surface area contributed by atoms with Crippen molar-refractivity contribution in [2.45, 2.75) is 20.4 Å². The molecule has 1 aromatic heterocycles. The van der Waals surface area contributed by atoms with Crippen molar-refractivity contribution in [2.24, 2.45) is 0 Å². The summed E-state index contributed by atoms with van der Waals surface area (Å²) < 4.78 is 13.1. The maximum Gasteiger partial charge on any atom is 0.336 e. The lowest BCUT2D eigenvalue weighted by atomic mass is 9.99. The van der Waals surface area contributed by atoms with Gasteiger partial charge in [-0.2, -0.15) is 0 Å². The maximum atomic E-state index is 13.4. The number of hydrogen-bond acceptors (Lipinski definition) is 4. The number of nitrogens with zero attached hydrogens (tertiary/aromatic N) is 2. The van der Waals surface area contributed by atoms with Crippen LogP contribution in [0.25, 0.3) is 22.0 Å². The SMILES string of the molecule is Cc1c(C)n(Cc2ccc(-c3ccccc3C(=O)O)cc2)c2ccc(C(=O)N(C)c3ccc4c(c3)OCO4)cc12. The van der Waals surface area contributed by atoms with Crippen molar-refractivity contribution in [3.05, 3.63) is 113 Å². The molecule has 1 aliphatic heterocycles. The minimum atomic E-state index is -0.940. The number of benzene rings is 4. The molecule has 0 saturated heterocycles. The third-order valence-electron chi connectivity index (χ3n) is 7.70. The number of carbonyl (C=O) groups is 2. The highest BCUT2D eigenvalue weighted by Crippen LogP contribution is 2.36. The number of anilines is 1. The number of aryl methyl sites for hydroxylation is 1. The molecule has 0 atom stereocenters. The van der Waals surface area contributed by atoms with Crippen molar-refractivity contribution in [2.75, 3.05) is 18.7 Å². The predicted molar refractivity (Wildman–Crippen MR) is 155 cm³/mol. The van der Waals surface area contributed by atoms with E-state index in [4.69, 9.17) is 9.47 Å². The van der Waals surface area contributed by atoms with Gasteiger partial charge in [0.15, 0.2) is 11.5 Å². The van der Waals surface area contributed by atoms with Gasteiger partial charge in [0, 0.05) is 47.5 Å². The molecule has 1 amide bonds. The van der Waals surface area contributed by atoms with Gasteiger partial charge in [-0.15, -0.1) is 0 Å². The Kier molecular flexibility index (Phi) is 6.27. The van der Waals surface area contributed by atoms with Gasteiger partial charge in [0.2, 0.25) is 6.79 Å². The van der Waals surface area contributed by atoms with E-state index in [0.29, 0.717) is 29.2 Å². The van der Waals surface area contributed by atoms with Gasteiger partial charge in [0.05, 0.1) is 5.56 Å². The first-order valence-corrected chi connectivity index (χ1v) is 13.0. The first kappa shape index (κ1) is 25.2. The highest BCUT2D eigenvalue weighted by Gasteiger charge is 2.20. The van der Waals surface area contributed by atoms with E-state index in [9.17, 15) is 14.7 Å². The smallest absolute Gasteiger partial charge is 0.336 e. The van der Waals surface area contributed by atoms with Crippen molar-refractivity contribution < 1.29 is 24.2 Å². The number of fused-ring (bicyclic) bond motifs is 2. The van der Waals surface area contributed by atoms with E-state index in [1.165, 1.54) is 0 Å². The number of aromatic carboxylic acids is 1. The van der Waals surface area contributed by atoms with Crippen molar-refractivity contribution in [1.29, 1.82) is 0 Å². The number of amides is 1. The van der Waals surface area contributed by atoms with Gasteiger partial charge in [0.25, 0.3) is 5.91 Å². The lowest BCUT2D eigenvalue weighted by molar-refractivity contribution is 0.0697. The second-order valence-corrected chi connectivity index (χ2v) is 9.98. The summed E-state index contributed by atoms with van der Waals surface area (Å²) >= 11 is 0. The van der Waals surface area contributed by atoms with Gasteiger partial charge in [0.1, 0.15) is 0 Å². The second-order valence-electron chi connectivity index (χ2n) is 9.98. The van der Waals surface area contributed by atoms with Crippen LogP contribution in [0.5, 0.6) is 11.5 Å². The Hall–Kier alpha value is -5.04. The summed E-state index contributed by atoms with van der Waals surface area (Å²) in [7, 11) is 1.76. The number of rotatable bonds is 6. The molecule has 1 aliphatic rings. The van der Waals surface area contributed by atoms with Gasteiger partial charge in [-0.1, -0.05) is 42.5 Å². The fourth-order valence-corrected chi connectivity index (χ4v) is 5.28. The van der Waals surface area contributed by atoms with Crippen LogP contribution >= 0.6 is 0 Å². The van der Waals surface area contributed by atoms with Crippen LogP contribution in [0, 0.1) is 13.8 Å². The van der Waals surface area contributed by atoms with Gasteiger partial charge >= 0.3 is 5.97 Å². The van der Waals surface area contributed by atoms with Gasteiger partial charge < -0.3 is 24.0 Å². The predicted octanol–water partition coefficient (Wildman–Crippen LogP) is 6.68. The number of carbonyl (C=O) groups excluding carboxylic acids is 1. The minimum absolute atomic E-state index is 0.109. The molecule has 5 aromatic rings. The highest BCUT2D eigenvalue weighted by molar-refractivity contribution is 6.08. The van der Waals surface area contributed by atoms with Crippen LogP contribution in [0.2, 0.25) is 0 Å². The zero-order valence-electron chi connectivity index (χ0n) is 22.5. The topological polar surface area (TPSA) is 81.0 Å². The van der Waals surface area contributed by atoms with Crippen LogP contribution in [-0.2, 0) is 6.54 Å². The fourth-order valence-electron chi connectivity index (χ4n) is 5.28. The summed E-state index contributed by atoms with van der Waals surface area (Å²) in [4.78, 5) is 26.7. The van der Waals surface area contributed by atoms with Crippen LogP contribution in [0.15, 0.2) is 84.9 Å². The second kappa shape index (κ2) is 9.93. The average Bonchev–Trinajstić information content (AvgIpc) is 3.55. The molecule has 0 spiro atoms. The number of ether oxygens (including phenoxy) is 2. The van der Waals surface area contributed by atoms with Crippen molar-refractivity contribution in [3.63, 3.8) is 0 Å². The molecule has 200 valence electrons. The molecule has 0 bridgehead atoms. The zero-order valence-corrected chi connectivity index (χ0v) is 22.5. The van der Waals surface area contributed by atoms with Gasteiger partial charge in [-0.05, 0) is 72.5 Å². The molecule has 0 saturated carbocycles. The number of aromatic nitrogens is 1. The molecule has 0 radical (unpaired) electrons. The minimum Gasteiger partial charge on any atom is -0.478 e. The molecule has 2 heterocycles. The first-order valence-electron chi connectivity index (χ1n) is 13.0.